The van der Waals surface area contributed by atoms with Crippen LogP contribution in [-0.4, -0.2) is 22.5 Å². The molecule has 1 amide bonds. The van der Waals surface area contributed by atoms with E-state index in [1.54, 1.807) is 24.3 Å². The lowest BCUT2D eigenvalue weighted by molar-refractivity contribution is -0.118. The molecule has 0 unspecified atom stereocenters. The van der Waals surface area contributed by atoms with Crippen LogP contribution >= 0.6 is 0 Å². The molecule has 3 aromatic rings. The minimum atomic E-state index is -0.878. The summed E-state index contributed by atoms with van der Waals surface area (Å²) in [5, 5.41) is 2.59. The van der Waals surface area contributed by atoms with Crippen LogP contribution < -0.4 is 14.8 Å². The molecule has 8 heteroatoms. The van der Waals surface area contributed by atoms with Crippen molar-refractivity contribution >= 4 is 11.6 Å². The van der Waals surface area contributed by atoms with Crippen LogP contribution in [0.15, 0.2) is 61.1 Å². The summed E-state index contributed by atoms with van der Waals surface area (Å²) in [6.45, 7) is -0.433. The SMILES string of the molecule is O=C(COc1ccc(F)cc1F)Nc1cccc(Oc2cnccn2)c1. The molecule has 0 saturated carbocycles. The summed E-state index contributed by atoms with van der Waals surface area (Å²) in [5.41, 5.74) is 0.458. The van der Waals surface area contributed by atoms with Crippen LogP contribution in [0.1, 0.15) is 0 Å². The van der Waals surface area contributed by atoms with Crippen molar-refractivity contribution in [2.24, 2.45) is 0 Å². The number of nitrogens with zero attached hydrogens (tertiary/aromatic N) is 2. The number of ether oxygens (including phenoxy) is 2. The molecular formula is C18H13F2N3O3. The molecule has 0 atom stereocenters. The number of carbonyl (C=O) groups is 1. The third-order valence-electron chi connectivity index (χ3n) is 3.13. The predicted octanol–water partition coefficient (Wildman–Crippen LogP) is 3.56. The highest BCUT2D eigenvalue weighted by Crippen LogP contribution is 2.22. The van der Waals surface area contributed by atoms with Crippen molar-refractivity contribution in [3.05, 3.63) is 72.7 Å². The predicted molar refractivity (Wildman–Crippen MR) is 89.0 cm³/mol. The fraction of sp³-hybridized carbons (Fsp3) is 0.0556. The molecule has 26 heavy (non-hydrogen) atoms. The van der Waals surface area contributed by atoms with E-state index < -0.39 is 24.1 Å². The number of halogens is 2. The topological polar surface area (TPSA) is 73.3 Å². The zero-order valence-electron chi connectivity index (χ0n) is 13.4. The van der Waals surface area contributed by atoms with Gasteiger partial charge < -0.3 is 14.8 Å². The molecule has 132 valence electrons. The molecule has 0 aliphatic rings. The first kappa shape index (κ1) is 17.3. The van der Waals surface area contributed by atoms with Gasteiger partial charge in [-0.05, 0) is 24.3 Å². The van der Waals surface area contributed by atoms with Crippen molar-refractivity contribution in [1.82, 2.24) is 9.97 Å². The van der Waals surface area contributed by atoms with E-state index in [0.717, 1.165) is 12.1 Å². The van der Waals surface area contributed by atoms with Crippen LogP contribution in [0.3, 0.4) is 0 Å². The fourth-order valence-corrected chi connectivity index (χ4v) is 2.03. The first-order valence-corrected chi connectivity index (χ1v) is 7.52. The highest BCUT2D eigenvalue weighted by molar-refractivity contribution is 5.92. The Bertz CT molecular complexity index is 907. The molecule has 0 bridgehead atoms. The average Bonchev–Trinajstić information content (AvgIpc) is 2.62. The molecule has 1 heterocycles. The fourth-order valence-electron chi connectivity index (χ4n) is 2.03. The number of benzene rings is 2. The molecule has 0 spiro atoms. The number of anilines is 1. The Labute approximate surface area is 147 Å². The van der Waals surface area contributed by atoms with E-state index in [4.69, 9.17) is 9.47 Å². The zero-order chi connectivity index (χ0) is 18.4. The lowest BCUT2D eigenvalue weighted by Crippen LogP contribution is -2.20. The number of nitrogens with one attached hydrogen (secondary N) is 1. The number of rotatable bonds is 6. The number of carbonyl (C=O) groups excluding carboxylic acids is 1. The monoisotopic (exact) mass is 357 g/mol. The minimum absolute atomic E-state index is 0.207. The van der Waals surface area contributed by atoms with Gasteiger partial charge in [0.25, 0.3) is 5.91 Å². The molecule has 2 aromatic carbocycles. The van der Waals surface area contributed by atoms with E-state index in [0.29, 0.717) is 23.4 Å². The number of hydrogen-bond acceptors (Lipinski definition) is 5. The lowest BCUT2D eigenvalue weighted by atomic mass is 10.3. The van der Waals surface area contributed by atoms with Gasteiger partial charge in [-0.25, -0.2) is 13.8 Å². The standard InChI is InChI=1S/C18H13F2N3O3/c19-12-4-5-16(15(20)8-12)25-11-17(24)23-13-2-1-3-14(9-13)26-18-10-21-6-7-22-18/h1-10H,11H2,(H,23,24). The second-order valence-electron chi connectivity index (χ2n) is 5.09. The Hall–Kier alpha value is -3.55. The van der Waals surface area contributed by atoms with E-state index in [-0.39, 0.29) is 5.75 Å². The minimum Gasteiger partial charge on any atom is -0.481 e. The Morgan fingerprint density at radius 3 is 2.77 bits per heavy atom. The summed E-state index contributed by atoms with van der Waals surface area (Å²) in [6.07, 6.45) is 4.47. The normalized spacial score (nSPS) is 10.2. The highest BCUT2D eigenvalue weighted by Gasteiger charge is 2.09. The smallest absolute Gasteiger partial charge is 0.262 e. The van der Waals surface area contributed by atoms with Crippen molar-refractivity contribution in [3.8, 4) is 17.4 Å². The van der Waals surface area contributed by atoms with Crippen molar-refractivity contribution in [2.75, 3.05) is 11.9 Å². The summed E-state index contributed by atoms with van der Waals surface area (Å²) in [6, 6.07) is 9.46. The molecule has 0 saturated heterocycles. The summed E-state index contributed by atoms with van der Waals surface area (Å²) in [5.74, 6) is -1.55. The van der Waals surface area contributed by atoms with Gasteiger partial charge in [0.15, 0.2) is 18.2 Å². The quantitative estimate of drug-likeness (QED) is 0.730. The molecular weight excluding hydrogens is 344 g/mol. The maximum absolute atomic E-state index is 13.5. The van der Waals surface area contributed by atoms with E-state index in [2.05, 4.69) is 15.3 Å². The van der Waals surface area contributed by atoms with Gasteiger partial charge in [0.2, 0.25) is 5.88 Å². The van der Waals surface area contributed by atoms with Gasteiger partial charge in [-0.2, -0.15) is 0 Å². The zero-order valence-corrected chi connectivity index (χ0v) is 13.4. The third kappa shape index (κ3) is 4.73. The summed E-state index contributed by atoms with van der Waals surface area (Å²) >= 11 is 0. The summed E-state index contributed by atoms with van der Waals surface area (Å²) < 4.78 is 36.9. The second-order valence-corrected chi connectivity index (χ2v) is 5.09. The lowest BCUT2D eigenvalue weighted by Gasteiger charge is -2.09. The van der Waals surface area contributed by atoms with E-state index >= 15 is 0 Å². The van der Waals surface area contributed by atoms with Crippen molar-refractivity contribution in [2.45, 2.75) is 0 Å². The van der Waals surface area contributed by atoms with Gasteiger partial charge in [-0.1, -0.05) is 6.07 Å². The van der Waals surface area contributed by atoms with E-state index in [1.807, 2.05) is 0 Å². The summed E-state index contributed by atoms with van der Waals surface area (Å²) in [4.78, 5) is 19.8. The third-order valence-corrected chi connectivity index (χ3v) is 3.13. The number of amides is 1. The molecule has 1 aromatic heterocycles. The Kier molecular flexibility index (Phi) is 5.33. The number of aromatic nitrogens is 2. The largest absolute Gasteiger partial charge is 0.481 e. The Morgan fingerprint density at radius 2 is 2.00 bits per heavy atom. The van der Waals surface area contributed by atoms with Crippen LogP contribution in [-0.2, 0) is 4.79 Å². The van der Waals surface area contributed by atoms with Gasteiger partial charge in [0.05, 0.1) is 6.20 Å². The van der Waals surface area contributed by atoms with E-state index in [1.165, 1.54) is 18.6 Å². The van der Waals surface area contributed by atoms with Gasteiger partial charge in [0.1, 0.15) is 11.6 Å². The summed E-state index contributed by atoms with van der Waals surface area (Å²) in [7, 11) is 0. The molecule has 0 fully saturated rings. The van der Waals surface area contributed by atoms with Crippen molar-refractivity contribution in [1.29, 1.82) is 0 Å². The number of hydrogen-bond donors (Lipinski definition) is 1. The first-order chi connectivity index (χ1) is 12.6. The van der Waals surface area contributed by atoms with Gasteiger partial charge in [-0.15, -0.1) is 0 Å². The van der Waals surface area contributed by atoms with Crippen LogP contribution in [0, 0.1) is 11.6 Å². The molecule has 0 aliphatic heterocycles. The van der Waals surface area contributed by atoms with Gasteiger partial charge in [-0.3, -0.25) is 9.78 Å². The maximum Gasteiger partial charge on any atom is 0.262 e. The molecule has 1 N–H and O–H groups in total. The van der Waals surface area contributed by atoms with Crippen molar-refractivity contribution in [3.63, 3.8) is 0 Å². The maximum atomic E-state index is 13.5. The van der Waals surface area contributed by atoms with Crippen molar-refractivity contribution < 1.29 is 23.0 Å². The van der Waals surface area contributed by atoms with Gasteiger partial charge >= 0.3 is 0 Å². The van der Waals surface area contributed by atoms with Gasteiger partial charge in [0, 0.05) is 30.2 Å². The van der Waals surface area contributed by atoms with Crippen LogP contribution in [0.2, 0.25) is 0 Å². The molecule has 0 radical (unpaired) electrons. The molecule has 3 rings (SSSR count). The van der Waals surface area contributed by atoms with Crippen LogP contribution in [0.4, 0.5) is 14.5 Å². The average molecular weight is 357 g/mol. The van der Waals surface area contributed by atoms with Crippen LogP contribution in [0.25, 0.3) is 0 Å². The van der Waals surface area contributed by atoms with Crippen LogP contribution in [0.5, 0.6) is 17.4 Å². The highest BCUT2D eigenvalue weighted by atomic mass is 19.1. The molecule has 6 nitrogen and oxygen atoms in total. The molecule has 0 aliphatic carbocycles. The second kappa shape index (κ2) is 8.02. The van der Waals surface area contributed by atoms with E-state index in [9.17, 15) is 13.6 Å². The Balaban J connectivity index is 1.58. The Morgan fingerprint density at radius 1 is 1.12 bits per heavy atom. The first-order valence-electron chi connectivity index (χ1n) is 7.52.